The lowest BCUT2D eigenvalue weighted by molar-refractivity contribution is 0.414. The largest absolute Gasteiger partial charge is 0.497 e. The van der Waals surface area contributed by atoms with Gasteiger partial charge in [0.25, 0.3) is 10.0 Å². The van der Waals surface area contributed by atoms with Gasteiger partial charge in [-0.3, -0.25) is 4.72 Å². The van der Waals surface area contributed by atoms with Crippen LogP contribution in [0.15, 0.2) is 41.3 Å². The average molecular weight is 364 g/mol. The molecule has 1 fully saturated rings. The Balaban J connectivity index is 1.91. The minimum absolute atomic E-state index is 0.0420. The van der Waals surface area contributed by atoms with Gasteiger partial charge in [0.2, 0.25) is 0 Å². The first kappa shape index (κ1) is 17.5. The molecular formula is C18H21FN2O3S. The highest BCUT2D eigenvalue weighted by Crippen LogP contribution is 2.28. The van der Waals surface area contributed by atoms with Crippen LogP contribution in [0.1, 0.15) is 18.4 Å². The molecule has 1 aliphatic heterocycles. The van der Waals surface area contributed by atoms with Crippen molar-refractivity contribution in [3.05, 3.63) is 47.8 Å². The number of nitrogens with zero attached hydrogens (tertiary/aromatic N) is 1. The van der Waals surface area contributed by atoms with Crippen molar-refractivity contribution in [2.24, 2.45) is 0 Å². The highest BCUT2D eigenvalue weighted by atomic mass is 32.2. The Morgan fingerprint density at radius 3 is 2.48 bits per heavy atom. The molecule has 0 spiro atoms. The number of ether oxygens (including phenoxy) is 1. The second kappa shape index (κ2) is 6.92. The average Bonchev–Trinajstić information content (AvgIpc) is 3.10. The van der Waals surface area contributed by atoms with Gasteiger partial charge in [-0.15, -0.1) is 0 Å². The van der Waals surface area contributed by atoms with E-state index in [0.29, 0.717) is 11.3 Å². The molecule has 1 heterocycles. The Labute approximate surface area is 147 Å². The first-order valence-electron chi connectivity index (χ1n) is 8.13. The number of hydrogen-bond donors (Lipinski definition) is 1. The van der Waals surface area contributed by atoms with Crippen molar-refractivity contribution in [1.82, 2.24) is 0 Å². The van der Waals surface area contributed by atoms with Gasteiger partial charge >= 0.3 is 0 Å². The predicted octanol–water partition coefficient (Wildman–Crippen LogP) is 3.54. The fourth-order valence-electron chi connectivity index (χ4n) is 3.01. The third-order valence-corrected chi connectivity index (χ3v) is 5.86. The lowest BCUT2D eigenvalue weighted by Crippen LogP contribution is -2.19. The van der Waals surface area contributed by atoms with Gasteiger partial charge in [-0.1, -0.05) is 0 Å². The number of halogens is 1. The van der Waals surface area contributed by atoms with Crippen LogP contribution in [0.25, 0.3) is 0 Å². The molecule has 1 N–H and O–H groups in total. The van der Waals surface area contributed by atoms with Gasteiger partial charge in [0.15, 0.2) is 0 Å². The maximum absolute atomic E-state index is 14.2. The van der Waals surface area contributed by atoms with Crippen molar-refractivity contribution in [2.75, 3.05) is 29.8 Å². The SMILES string of the molecule is COc1ccc(S(=O)(=O)Nc2cc(N3CCCC3)ccc2F)c(C)c1. The minimum Gasteiger partial charge on any atom is -0.497 e. The molecule has 25 heavy (non-hydrogen) atoms. The number of hydrogen-bond acceptors (Lipinski definition) is 4. The highest BCUT2D eigenvalue weighted by Gasteiger charge is 2.21. The molecule has 0 aliphatic carbocycles. The molecule has 0 saturated carbocycles. The van der Waals surface area contributed by atoms with Gasteiger partial charge in [-0.2, -0.15) is 0 Å². The zero-order chi connectivity index (χ0) is 18.0. The molecule has 2 aromatic rings. The van der Waals surface area contributed by atoms with Crippen molar-refractivity contribution >= 4 is 21.4 Å². The number of nitrogens with one attached hydrogen (secondary N) is 1. The van der Waals surface area contributed by atoms with Crippen LogP contribution in [0.4, 0.5) is 15.8 Å². The van der Waals surface area contributed by atoms with Crippen molar-refractivity contribution < 1.29 is 17.5 Å². The second-order valence-electron chi connectivity index (χ2n) is 6.10. The summed E-state index contributed by atoms with van der Waals surface area (Å²) in [4.78, 5) is 2.22. The maximum Gasteiger partial charge on any atom is 0.262 e. The van der Waals surface area contributed by atoms with Crippen LogP contribution in [-0.2, 0) is 10.0 Å². The van der Waals surface area contributed by atoms with Crippen molar-refractivity contribution in [3.63, 3.8) is 0 Å². The van der Waals surface area contributed by atoms with E-state index >= 15 is 0 Å². The number of anilines is 2. The van der Waals surface area contributed by atoms with Gasteiger partial charge in [0.05, 0.1) is 17.7 Å². The Morgan fingerprint density at radius 2 is 1.84 bits per heavy atom. The monoisotopic (exact) mass is 364 g/mol. The molecule has 0 amide bonds. The van der Waals surface area contributed by atoms with Crippen LogP contribution in [0.2, 0.25) is 0 Å². The summed E-state index contributed by atoms with van der Waals surface area (Å²) in [7, 11) is -2.38. The van der Waals surface area contributed by atoms with Gasteiger partial charge < -0.3 is 9.64 Å². The highest BCUT2D eigenvalue weighted by molar-refractivity contribution is 7.92. The molecule has 0 unspecified atom stereocenters. The van der Waals surface area contributed by atoms with Gasteiger partial charge in [0.1, 0.15) is 11.6 Å². The fourth-order valence-corrected chi connectivity index (χ4v) is 4.30. The number of benzene rings is 2. The summed E-state index contributed by atoms with van der Waals surface area (Å²) in [6, 6.07) is 9.18. The summed E-state index contributed by atoms with van der Waals surface area (Å²) >= 11 is 0. The lowest BCUT2D eigenvalue weighted by atomic mass is 10.2. The van der Waals surface area contributed by atoms with E-state index in [1.54, 1.807) is 31.2 Å². The quantitative estimate of drug-likeness (QED) is 0.882. The lowest BCUT2D eigenvalue weighted by Gasteiger charge is -2.19. The predicted molar refractivity (Wildman–Crippen MR) is 96.4 cm³/mol. The molecule has 0 aromatic heterocycles. The molecular weight excluding hydrogens is 343 g/mol. The van der Waals surface area contributed by atoms with E-state index in [1.807, 2.05) is 0 Å². The molecule has 0 atom stereocenters. The molecule has 5 nitrogen and oxygen atoms in total. The van der Waals surface area contributed by atoms with Crippen molar-refractivity contribution in [1.29, 1.82) is 0 Å². The number of aryl methyl sites for hydroxylation is 1. The second-order valence-corrected chi connectivity index (χ2v) is 7.75. The van der Waals surface area contributed by atoms with Crippen molar-refractivity contribution in [2.45, 2.75) is 24.7 Å². The van der Waals surface area contributed by atoms with Crippen LogP contribution in [0, 0.1) is 12.7 Å². The zero-order valence-corrected chi connectivity index (χ0v) is 15.1. The summed E-state index contributed by atoms with van der Waals surface area (Å²) in [5.74, 6) is -0.0312. The summed E-state index contributed by atoms with van der Waals surface area (Å²) in [5, 5.41) is 0. The number of sulfonamides is 1. The van der Waals surface area contributed by atoms with E-state index in [-0.39, 0.29) is 10.6 Å². The van der Waals surface area contributed by atoms with Gasteiger partial charge in [0, 0.05) is 18.8 Å². The molecule has 0 radical (unpaired) electrons. The standard InChI is InChI=1S/C18H21FN2O3S/c1-13-11-15(24-2)6-8-18(13)25(22,23)20-17-12-14(5-7-16(17)19)21-9-3-4-10-21/h5-8,11-12,20H,3-4,9-10H2,1-2H3. The number of methoxy groups -OCH3 is 1. The van der Waals surface area contributed by atoms with Crippen LogP contribution in [0.3, 0.4) is 0 Å². The Bertz CT molecular complexity index is 878. The molecule has 3 rings (SSSR count). The summed E-state index contributed by atoms with van der Waals surface area (Å²) in [6.45, 7) is 3.47. The van der Waals surface area contributed by atoms with E-state index in [9.17, 15) is 12.8 Å². The Morgan fingerprint density at radius 1 is 1.12 bits per heavy atom. The molecule has 2 aromatic carbocycles. The zero-order valence-electron chi connectivity index (χ0n) is 14.3. The van der Waals surface area contributed by atoms with E-state index in [0.717, 1.165) is 31.6 Å². The first-order chi connectivity index (χ1) is 11.9. The fraction of sp³-hybridized carbons (Fsp3) is 0.333. The molecule has 7 heteroatoms. The Kier molecular flexibility index (Phi) is 4.85. The van der Waals surface area contributed by atoms with Crippen molar-refractivity contribution in [3.8, 4) is 5.75 Å². The number of rotatable bonds is 5. The summed E-state index contributed by atoms with van der Waals surface area (Å²) in [6.07, 6.45) is 2.17. The van der Waals surface area contributed by atoms with E-state index in [4.69, 9.17) is 4.74 Å². The Hall–Kier alpha value is -2.28. The maximum atomic E-state index is 14.2. The van der Waals surface area contributed by atoms with Crippen LogP contribution in [-0.4, -0.2) is 28.6 Å². The molecule has 1 saturated heterocycles. The molecule has 0 bridgehead atoms. The van der Waals surface area contributed by atoms with E-state index in [1.165, 1.54) is 19.2 Å². The molecule has 134 valence electrons. The van der Waals surface area contributed by atoms with Gasteiger partial charge in [-0.25, -0.2) is 12.8 Å². The summed E-state index contributed by atoms with van der Waals surface area (Å²) in [5.41, 5.74) is 1.31. The smallest absolute Gasteiger partial charge is 0.262 e. The van der Waals surface area contributed by atoms with Crippen LogP contribution in [0.5, 0.6) is 5.75 Å². The normalized spacial score (nSPS) is 14.6. The topological polar surface area (TPSA) is 58.6 Å². The summed E-state index contributed by atoms with van der Waals surface area (Å²) < 4.78 is 47.0. The third-order valence-electron chi connectivity index (χ3n) is 4.34. The molecule has 1 aliphatic rings. The third kappa shape index (κ3) is 3.71. The van der Waals surface area contributed by atoms with Crippen LogP contribution < -0.4 is 14.4 Å². The minimum atomic E-state index is -3.90. The van der Waals surface area contributed by atoms with E-state index in [2.05, 4.69) is 9.62 Å². The van der Waals surface area contributed by atoms with E-state index < -0.39 is 15.8 Å². The van der Waals surface area contributed by atoms with Gasteiger partial charge in [-0.05, 0) is 61.7 Å². The van der Waals surface area contributed by atoms with Crippen LogP contribution >= 0.6 is 0 Å². The first-order valence-corrected chi connectivity index (χ1v) is 9.61.